The van der Waals surface area contributed by atoms with Gasteiger partial charge in [0.25, 0.3) is 5.91 Å². The number of thiazole rings is 1. The number of carbonyl (C=O) groups excluding carboxylic acids is 2. The molecule has 1 unspecified atom stereocenters. The fraction of sp³-hybridized carbons (Fsp3) is 0.267. The highest BCUT2D eigenvalue weighted by Crippen LogP contribution is 2.30. The topological polar surface area (TPSA) is 80.3 Å². The molecule has 1 aromatic carbocycles. The Morgan fingerprint density at radius 2 is 2.32 bits per heavy atom. The van der Waals surface area contributed by atoms with Gasteiger partial charge in [-0.3, -0.25) is 9.59 Å². The lowest BCUT2D eigenvalue weighted by atomic mass is 10.1. The number of amides is 2. The number of carbonyl (C=O) groups is 2. The van der Waals surface area contributed by atoms with Crippen LogP contribution < -0.4 is 15.4 Å². The first-order valence-electron chi connectivity index (χ1n) is 6.83. The molecule has 7 heteroatoms. The van der Waals surface area contributed by atoms with Gasteiger partial charge in [0.1, 0.15) is 5.75 Å². The van der Waals surface area contributed by atoms with E-state index in [9.17, 15) is 9.59 Å². The minimum atomic E-state index is -0.505. The zero-order chi connectivity index (χ0) is 15.7. The molecule has 3 rings (SSSR count). The van der Waals surface area contributed by atoms with Gasteiger partial charge in [-0.05, 0) is 31.5 Å². The third-order valence-electron chi connectivity index (χ3n) is 3.20. The van der Waals surface area contributed by atoms with Crippen LogP contribution in [-0.4, -0.2) is 22.9 Å². The fourth-order valence-corrected chi connectivity index (χ4v) is 2.83. The van der Waals surface area contributed by atoms with E-state index in [2.05, 4.69) is 15.6 Å². The average Bonchev–Trinajstić information content (AvgIpc) is 2.85. The van der Waals surface area contributed by atoms with E-state index in [1.54, 1.807) is 19.1 Å². The van der Waals surface area contributed by atoms with Crippen molar-refractivity contribution in [3.05, 3.63) is 34.8 Å². The molecule has 1 aliphatic heterocycles. The molecule has 0 spiro atoms. The molecule has 1 aromatic heterocycles. The third-order valence-corrected chi connectivity index (χ3v) is 4.08. The van der Waals surface area contributed by atoms with Crippen molar-refractivity contribution in [3.8, 4) is 5.75 Å². The SMILES string of the molecule is Cc1csc(NC(=O)Cc2ccc3c(c2)NC(=O)C(C)O3)n1. The normalized spacial score (nSPS) is 16.5. The van der Waals surface area contributed by atoms with Gasteiger partial charge in [-0.2, -0.15) is 0 Å². The molecule has 2 heterocycles. The first-order chi connectivity index (χ1) is 10.5. The highest BCUT2D eigenvalue weighted by Gasteiger charge is 2.23. The maximum atomic E-state index is 12.0. The van der Waals surface area contributed by atoms with Crippen molar-refractivity contribution in [2.24, 2.45) is 0 Å². The predicted molar refractivity (Wildman–Crippen MR) is 84.3 cm³/mol. The van der Waals surface area contributed by atoms with Crippen LogP contribution in [0.4, 0.5) is 10.8 Å². The summed E-state index contributed by atoms with van der Waals surface area (Å²) in [5.41, 5.74) is 2.27. The zero-order valence-corrected chi connectivity index (χ0v) is 13.0. The average molecular weight is 317 g/mol. The van der Waals surface area contributed by atoms with Gasteiger partial charge in [0.05, 0.1) is 17.8 Å². The molecule has 0 saturated heterocycles. The van der Waals surface area contributed by atoms with Gasteiger partial charge in [0.15, 0.2) is 11.2 Å². The number of benzene rings is 1. The van der Waals surface area contributed by atoms with Crippen molar-refractivity contribution >= 4 is 34.0 Å². The molecular formula is C15H15N3O3S. The fourth-order valence-electron chi connectivity index (χ4n) is 2.13. The number of fused-ring (bicyclic) bond motifs is 1. The Balaban J connectivity index is 1.69. The first-order valence-corrected chi connectivity index (χ1v) is 7.71. The van der Waals surface area contributed by atoms with Crippen molar-refractivity contribution in [1.29, 1.82) is 0 Å². The molecule has 0 radical (unpaired) electrons. The minimum Gasteiger partial charge on any atom is -0.479 e. The van der Waals surface area contributed by atoms with E-state index < -0.39 is 6.10 Å². The van der Waals surface area contributed by atoms with Gasteiger partial charge < -0.3 is 15.4 Å². The van der Waals surface area contributed by atoms with E-state index in [-0.39, 0.29) is 18.2 Å². The van der Waals surface area contributed by atoms with Crippen LogP contribution >= 0.6 is 11.3 Å². The van der Waals surface area contributed by atoms with Crippen LogP contribution in [0, 0.1) is 6.92 Å². The van der Waals surface area contributed by atoms with Gasteiger partial charge >= 0.3 is 0 Å². The minimum absolute atomic E-state index is 0.147. The lowest BCUT2D eigenvalue weighted by Gasteiger charge is -2.23. The van der Waals surface area contributed by atoms with Crippen LogP contribution in [0.25, 0.3) is 0 Å². The summed E-state index contributed by atoms with van der Waals surface area (Å²) in [6.07, 6.45) is -0.299. The van der Waals surface area contributed by atoms with Crippen LogP contribution in [0.2, 0.25) is 0 Å². The van der Waals surface area contributed by atoms with Crippen molar-refractivity contribution in [3.63, 3.8) is 0 Å². The Kier molecular flexibility index (Phi) is 3.81. The number of hydrogen-bond donors (Lipinski definition) is 2. The highest BCUT2D eigenvalue weighted by molar-refractivity contribution is 7.13. The van der Waals surface area contributed by atoms with Crippen molar-refractivity contribution in [1.82, 2.24) is 4.98 Å². The van der Waals surface area contributed by atoms with Crippen LogP contribution in [0.15, 0.2) is 23.6 Å². The quantitative estimate of drug-likeness (QED) is 0.910. The highest BCUT2D eigenvalue weighted by atomic mass is 32.1. The summed E-state index contributed by atoms with van der Waals surface area (Å²) >= 11 is 1.39. The number of aromatic nitrogens is 1. The molecule has 1 atom stereocenters. The maximum Gasteiger partial charge on any atom is 0.265 e. The number of ether oxygens (including phenoxy) is 1. The van der Waals surface area contributed by atoms with Crippen LogP contribution in [0.5, 0.6) is 5.75 Å². The van der Waals surface area contributed by atoms with E-state index >= 15 is 0 Å². The lowest BCUT2D eigenvalue weighted by Crippen LogP contribution is -2.34. The second-order valence-corrected chi connectivity index (χ2v) is 5.96. The van der Waals surface area contributed by atoms with Gasteiger partial charge in [-0.25, -0.2) is 4.98 Å². The molecule has 2 N–H and O–H groups in total. The largest absolute Gasteiger partial charge is 0.479 e. The second-order valence-electron chi connectivity index (χ2n) is 5.10. The van der Waals surface area contributed by atoms with Gasteiger partial charge in [0.2, 0.25) is 5.91 Å². The van der Waals surface area contributed by atoms with E-state index in [0.717, 1.165) is 11.3 Å². The Labute approximate surface area is 131 Å². The lowest BCUT2D eigenvalue weighted by molar-refractivity contribution is -0.122. The van der Waals surface area contributed by atoms with Crippen LogP contribution in [0.1, 0.15) is 18.2 Å². The smallest absolute Gasteiger partial charge is 0.265 e. The first kappa shape index (κ1) is 14.5. The second kappa shape index (κ2) is 5.76. The standard InChI is InChI=1S/C15H15N3O3S/c1-8-7-22-15(16-8)18-13(19)6-10-3-4-12-11(5-10)17-14(20)9(2)21-12/h3-5,7,9H,6H2,1-2H3,(H,17,20)(H,16,18,19). The molecule has 22 heavy (non-hydrogen) atoms. The Hall–Kier alpha value is -2.41. The van der Waals surface area contributed by atoms with Gasteiger partial charge in [-0.15, -0.1) is 11.3 Å². The molecule has 0 aliphatic carbocycles. The predicted octanol–water partition coefficient (Wildman–Crippen LogP) is 2.35. The van der Waals surface area contributed by atoms with Crippen molar-refractivity contribution in [2.75, 3.05) is 10.6 Å². The van der Waals surface area contributed by atoms with E-state index in [1.807, 2.05) is 18.4 Å². The summed E-state index contributed by atoms with van der Waals surface area (Å²) in [7, 11) is 0. The zero-order valence-electron chi connectivity index (χ0n) is 12.2. The van der Waals surface area contributed by atoms with Crippen molar-refractivity contribution < 1.29 is 14.3 Å². The summed E-state index contributed by atoms with van der Waals surface area (Å²) in [6, 6.07) is 5.34. The number of aryl methyl sites for hydroxylation is 1. The van der Waals surface area contributed by atoms with Crippen LogP contribution in [-0.2, 0) is 16.0 Å². The molecule has 0 fully saturated rings. The van der Waals surface area contributed by atoms with E-state index in [1.165, 1.54) is 11.3 Å². The maximum absolute atomic E-state index is 12.0. The number of anilines is 2. The number of hydrogen-bond acceptors (Lipinski definition) is 5. The van der Waals surface area contributed by atoms with E-state index in [0.29, 0.717) is 16.6 Å². The Morgan fingerprint density at radius 1 is 1.50 bits per heavy atom. The monoisotopic (exact) mass is 317 g/mol. The molecule has 0 bridgehead atoms. The summed E-state index contributed by atoms with van der Waals surface area (Å²) in [5, 5.41) is 7.99. The molecular weight excluding hydrogens is 302 g/mol. The van der Waals surface area contributed by atoms with Gasteiger partial charge in [-0.1, -0.05) is 6.07 Å². The molecule has 2 aromatic rings. The Bertz CT molecular complexity index is 741. The Morgan fingerprint density at radius 3 is 3.05 bits per heavy atom. The van der Waals surface area contributed by atoms with Gasteiger partial charge in [0, 0.05) is 5.38 Å². The third kappa shape index (κ3) is 3.09. The summed E-state index contributed by atoms with van der Waals surface area (Å²) < 4.78 is 5.48. The molecule has 114 valence electrons. The number of rotatable bonds is 3. The molecule has 1 aliphatic rings. The number of nitrogens with one attached hydrogen (secondary N) is 2. The molecule has 6 nitrogen and oxygen atoms in total. The number of nitrogens with zero attached hydrogens (tertiary/aromatic N) is 1. The summed E-state index contributed by atoms with van der Waals surface area (Å²) in [6.45, 7) is 3.56. The van der Waals surface area contributed by atoms with E-state index in [4.69, 9.17) is 4.74 Å². The summed E-state index contributed by atoms with van der Waals surface area (Å²) in [5.74, 6) is 0.282. The molecule has 0 saturated carbocycles. The summed E-state index contributed by atoms with van der Waals surface area (Å²) in [4.78, 5) is 27.8. The van der Waals surface area contributed by atoms with Crippen LogP contribution in [0.3, 0.4) is 0 Å². The molecule has 2 amide bonds. The van der Waals surface area contributed by atoms with Crippen molar-refractivity contribution in [2.45, 2.75) is 26.4 Å².